The minimum absolute atomic E-state index is 0.0591. The summed E-state index contributed by atoms with van der Waals surface area (Å²) >= 11 is 0. The maximum atomic E-state index is 11.0. The van der Waals surface area contributed by atoms with E-state index in [1.807, 2.05) is 0 Å². The number of rotatable bonds is 1. The van der Waals surface area contributed by atoms with Gasteiger partial charge in [-0.1, -0.05) is 39.8 Å². The Kier molecular flexibility index (Phi) is 4.45. The molecule has 3 aliphatic rings. The summed E-state index contributed by atoms with van der Waals surface area (Å²) in [5.41, 5.74) is 0.329. The zero-order chi connectivity index (χ0) is 18.7. The molecule has 0 radical (unpaired) electrons. The van der Waals surface area contributed by atoms with Crippen molar-refractivity contribution in [3.05, 3.63) is 5.82 Å². The molecule has 0 saturated heterocycles. The van der Waals surface area contributed by atoms with Gasteiger partial charge in [-0.05, 0) is 78.9 Å². The van der Waals surface area contributed by atoms with Gasteiger partial charge in [0.2, 0.25) is 0 Å². The summed E-state index contributed by atoms with van der Waals surface area (Å²) in [6.45, 7) is 12.2. The van der Waals surface area contributed by atoms with Gasteiger partial charge < -0.3 is 5.11 Å². The molecule has 1 aromatic rings. The average Bonchev–Trinajstić information content (AvgIpc) is 3.10. The van der Waals surface area contributed by atoms with Crippen molar-refractivity contribution < 1.29 is 5.11 Å². The first kappa shape index (κ1) is 18.4. The van der Waals surface area contributed by atoms with Crippen LogP contribution in [-0.4, -0.2) is 31.8 Å². The van der Waals surface area contributed by atoms with Crippen LogP contribution in [0.4, 0.5) is 0 Å². The number of aromatic nitrogens is 4. The number of aliphatic hydroxyl groups excluding tert-OH is 1. The van der Waals surface area contributed by atoms with Gasteiger partial charge in [0.05, 0.1) is 6.10 Å². The zero-order valence-electron chi connectivity index (χ0n) is 17.1. The lowest BCUT2D eigenvalue weighted by Crippen LogP contribution is -2.54. The molecule has 0 amide bonds. The van der Waals surface area contributed by atoms with E-state index in [0.717, 1.165) is 18.7 Å². The van der Waals surface area contributed by atoms with E-state index in [0.29, 0.717) is 35.5 Å². The number of fused-ring (bicyclic) bond motifs is 3. The van der Waals surface area contributed by atoms with Gasteiger partial charge in [-0.15, -0.1) is 10.2 Å². The fourth-order valence-electron chi connectivity index (χ4n) is 7.43. The van der Waals surface area contributed by atoms with Crippen LogP contribution in [-0.2, 0) is 0 Å². The van der Waals surface area contributed by atoms with Crippen LogP contribution in [0.15, 0.2) is 0 Å². The molecule has 146 valence electrons. The summed E-state index contributed by atoms with van der Waals surface area (Å²) in [7, 11) is 0. The minimum Gasteiger partial charge on any atom is -0.393 e. The highest BCUT2D eigenvalue weighted by Gasteiger charge is 2.56. The van der Waals surface area contributed by atoms with Crippen LogP contribution < -0.4 is 0 Å². The van der Waals surface area contributed by atoms with Crippen molar-refractivity contribution in [1.29, 1.82) is 0 Å². The second kappa shape index (κ2) is 6.29. The van der Waals surface area contributed by atoms with Crippen LogP contribution in [0.25, 0.3) is 0 Å². The van der Waals surface area contributed by atoms with Gasteiger partial charge in [0, 0.05) is 5.92 Å². The lowest BCUT2D eigenvalue weighted by Gasteiger charge is -2.59. The zero-order valence-corrected chi connectivity index (χ0v) is 17.1. The minimum atomic E-state index is -0.149. The standard InChI is InChI=1S/C21H36N4O/c1-12-6-7-18(26)21(5)9-8-15-13(2)10-14(19-22-24-25-23-19)17(11-16(12)21)20(15,3)4/h12-18,26H,6-11H2,1-5H3,(H,22,23,24,25)/t12-,13-,14?,15+,16-,17+,18?,21+/m1/s1. The summed E-state index contributed by atoms with van der Waals surface area (Å²) in [6, 6.07) is 0. The molecule has 8 atom stereocenters. The van der Waals surface area contributed by atoms with Crippen LogP contribution in [0.1, 0.15) is 84.9 Å². The van der Waals surface area contributed by atoms with Gasteiger partial charge in [0.15, 0.2) is 5.82 Å². The van der Waals surface area contributed by atoms with Gasteiger partial charge in [-0.2, -0.15) is 5.21 Å². The van der Waals surface area contributed by atoms with Gasteiger partial charge in [0.1, 0.15) is 0 Å². The summed E-state index contributed by atoms with van der Waals surface area (Å²) in [6.07, 6.45) is 6.73. The molecule has 0 spiro atoms. The fourth-order valence-corrected chi connectivity index (χ4v) is 7.43. The second-order valence-corrected chi connectivity index (χ2v) is 10.6. The smallest absolute Gasteiger partial charge is 0.177 e. The van der Waals surface area contributed by atoms with Crippen molar-refractivity contribution in [2.24, 2.45) is 40.4 Å². The Labute approximate surface area is 157 Å². The number of nitrogens with zero attached hydrogens (tertiary/aromatic N) is 3. The third kappa shape index (κ3) is 2.64. The first-order valence-corrected chi connectivity index (χ1v) is 10.7. The SMILES string of the molecule is C[C@@H]1CCC(O)[C@@]2(C)CC[C@H]3[C@H](C)CC(c4nn[nH]n4)[C@H](C[C@H]12)C3(C)C. The van der Waals surface area contributed by atoms with E-state index < -0.39 is 0 Å². The normalized spacial score (nSPS) is 48.3. The number of hydrogen-bond donors (Lipinski definition) is 2. The van der Waals surface area contributed by atoms with Crippen LogP contribution in [0, 0.1) is 40.4 Å². The molecule has 0 aromatic carbocycles. The van der Waals surface area contributed by atoms with Gasteiger partial charge in [-0.3, -0.25) is 0 Å². The Bertz CT molecular complexity index is 630. The summed E-state index contributed by atoms with van der Waals surface area (Å²) in [5, 5.41) is 26.3. The lowest BCUT2D eigenvalue weighted by atomic mass is 9.46. The molecule has 2 bridgehead atoms. The maximum absolute atomic E-state index is 11.0. The topological polar surface area (TPSA) is 74.7 Å². The number of nitrogens with one attached hydrogen (secondary N) is 1. The molecule has 3 aliphatic carbocycles. The third-order valence-electron chi connectivity index (χ3n) is 9.10. The Hall–Kier alpha value is -0.970. The Morgan fingerprint density at radius 2 is 1.73 bits per heavy atom. The number of aliphatic hydroxyl groups is 1. The number of H-pyrrole nitrogens is 1. The van der Waals surface area contributed by atoms with Gasteiger partial charge in [0.25, 0.3) is 0 Å². The van der Waals surface area contributed by atoms with E-state index in [4.69, 9.17) is 0 Å². The lowest BCUT2D eigenvalue weighted by molar-refractivity contribution is -0.126. The molecule has 0 aliphatic heterocycles. The number of hydrogen-bond acceptors (Lipinski definition) is 4. The van der Waals surface area contributed by atoms with Crippen molar-refractivity contribution in [3.8, 4) is 0 Å². The van der Waals surface area contributed by atoms with E-state index in [1.54, 1.807) is 0 Å². The highest BCUT2D eigenvalue weighted by Crippen LogP contribution is 2.62. The van der Waals surface area contributed by atoms with Crippen LogP contribution in [0.5, 0.6) is 0 Å². The van der Waals surface area contributed by atoms with E-state index >= 15 is 0 Å². The quantitative estimate of drug-likeness (QED) is 0.788. The molecule has 26 heavy (non-hydrogen) atoms. The highest BCUT2D eigenvalue weighted by molar-refractivity contribution is 5.10. The van der Waals surface area contributed by atoms with Crippen LogP contribution in [0.3, 0.4) is 0 Å². The van der Waals surface area contributed by atoms with Crippen molar-refractivity contribution in [3.63, 3.8) is 0 Å². The van der Waals surface area contributed by atoms with Crippen molar-refractivity contribution in [2.45, 2.75) is 85.2 Å². The number of tetrazole rings is 1. The molecule has 1 aromatic heterocycles. The first-order chi connectivity index (χ1) is 12.2. The van der Waals surface area contributed by atoms with Gasteiger partial charge >= 0.3 is 0 Å². The van der Waals surface area contributed by atoms with E-state index in [-0.39, 0.29) is 16.9 Å². The largest absolute Gasteiger partial charge is 0.393 e. The molecule has 5 heteroatoms. The van der Waals surface area contributed by atoms with Crippen molar-refractivity contribution >= 4 is 0 Å². The van der Waals surface area contributed by atoms with E-state index in [1.165, 1.54) is 25.7 Å². The third-order valence-corrected chi connectivity index (χ3v) is 9.10. The van der Waals surface area contributed by atoms with E-state index in [9.17, 15) is 5.11 Å². The van der Waals surface area contributed by atoms with Crippen LogP contribution in [0.2, 0.25) is 0 Å². The molecule has 2 unspecified atom stereocenters. The Morgan fingerprint density at radius 3 is 2.42 bits per heavy atom. The molecule has 2 N–H and O–H groups in total. The second-order valence-electron chi connectivity index (χ2n) is 10.6. The Morgan fingerprint density at radius 1 is 0.962 bits per heavy atom. The molecule has 1 heterocycles. The van der Waals surface area contributed by atoms with Crippen molar-refractivity contribution in [2.75, 3.05) is 0 Å². The average molecular weight is 361 g/mol. The van der Waals surface area contributed by atoms with Gasteiger partial charge in [-0.25, -0.2) is 0 Å². The maximum Gasteiger partial charge on any atom is 0.177 e. The monoisotopic (exact) mass is 360 g/mol. The molecule has 3 saturated carbocycles. The van der Waals surface area contributed by atoms with E-state index in [2.05, 4.69) is 55.2 Å². The fraction of sp³-hybridized carbons (Fsp3) is 0.952. The van der Waals surface area contributed by atoms with Crippen molar-refractivity contribution in [1.82, 2.24) is 20.6 Å². The highest BCUT2D eigenvalue weighted by atomic mass is 16.3. The first-order valence-electron chi connectivity index (χ1n) is 10.7. The molecule has 5 nitrogen and oxygen atoms in total. The predicted octanol–water partition coefficient (Wildman–Crippen LogP) is 4.18. The Balaban J connectivity index is 1.76. The van der Waals surface area contributed by atoms with Crippen LogP contribution >= 0.6 is 0 Å². The summed E-state index contributed by atoms with van der Waals surface area (Å²) in [4.78, 5) is 0. The molecular weight excluding hydrogens is 324 g/mol. The predicted molar refractivity (Wildman–Crippen MR) is 101 cm³/mol. The molecule has 4 rings (SSSR count). The summed E-state index contributed by atoms with van der Waals surface area (Å²) in [5.74, 6) is 4.46. The number of aromatic amines is 1. The summed E-state index contributed by atoms with van der Waals surface area (Å²) < 4.78 is 0. The molecular formula is C21H36N4O. The molecule has 3 fully saturated rings.